The summed E-state index contributed by atoms with van der Waals surface area (Å²) >= 11 is 3.53. The van der Waals surface area contributed by atoms with Crippen LogP contribution in [0.4, 0.5) is 5.82 Å². The van der Waals surface area contributed by atoms with Crippen LogP contribution in [0.1, 0.15) is 55.2 Å². The maximum absolute atomic E-state index is 5.37. The van der Waals surface area contributed by atoms with Crippen molar-refractivity contribution < 1.29 is 4.74 Å². The maximum atomic E-state index is 5.37. The molecule has 1 heterocycles. The topological polar surface area (TPSA) is 47.0 Å². The van der Waals surface area contributed by atoms with Gasteiger partial charge in [0.15, 0.2) is 0 Å². The van der Waals surface area contributed by atoms with Crippen LogP contribution < -0.4 is 10.1 Å². The van der Waals surface area contributed by atoms with E-state index in [1.165, 1.54) is 17.5 Å². The van der Waals surface area contributed by atoms with Crippen molar-refractivity contribution in [2.45, 2.75) is 52.0 Å². The Bertz CT molecular complexity index is 733. The lowest BCUT2D eigenvalue weighted by Gasteiger charge is -2.28. The van der Waals surface area contributed by atoms with Gasteiger partial charge < -0.3 is 10.1 Å². The molecule has 3 rings (SSSR count). The zero-order valence-electron chi connectivity index (χ0n) is 14.5. The van der Waals surface area contributed by atoms with Crippen molar-refractivity contribution in [2.24, 2.45) is 0 Å². The second kappa shape index (κ2) is 7.51. The third-order valence-corrected chi connectivity index (χ3v) is 5.27. The molecule has 0 bridgehead atoms. The highest BCUT2D eigenvalue weighted by Crippen LogP contribution is 2.35. The monoisotopic (exact) mass is 389 g/mol. The lowest BCUT2D eigenvalue weighted by Crippen LogP contribution is -2.19. The number of benzene rings is 1. The molecule has 1 aliphatic rings. The molecule has 1 atom stereocenters. The Balaban J connectivity index is 1.93. The van der Waals surface area contributed by atoms with E-state index in [9.17, 15) is 0 Å². The van der Waals surface area contributed by atoms with Gasteiger partial charge >= 0.3 is 0 Å². The van der Waals surface area contributed by atoms with Gasteiger partial charge in [-0.2, -0.15) is 0 Å². The lowest BCUT2D eigenvalue weighted by atomic mass is 9.87. The molecule has 0 saturated heterocycles. The molecule has 2 aromatic rings. The van der Waals surface area contributed by atoms with Gasteiger partial charge in [-0.15, -0.1) is 0 Å². The van der Waals surface area contributed by atoms with Crippen LogP contribution in [0.15, 0.2) is 22.8 Å². The summed E-state index contributed by atoms with van der Waals surface area (Å²) in [5.41, 5.74) is 4.74. The van der Waals surface area contributed by atoms with E-state index >= 15 is 0 Å². The van der Waals surface area contributed by atoms with Crippen LogP contribution in [0.5, 0.6) is 5.75 Å². The minimum absolute atomic E-state index is 0.283. The first-order valence-corrected chi connectivity index (χ1v) is 9.44. The molecule has 1 aromatic heterocycles. The average molecular weight is 390 g/mol. The van der Waals surface area contributed by atoms with Crippen LogP contribution >= 0.6 is 15.9 Å². The van der Waals surface area contributed by atoms with Crippen molar-refractivity contribution in [3.8, 4) is 5.75 Å². The van der Waals surface area contributed by atoms with E-state index in [1.54, 1.807) is 7.11 Å². The second-order valence-corrected chi connectivity index (χ2v) is 6.87. The van der Waals surface area contributed by atoms with E-state index in [0.29, 0.717) is 0 Å². The molecule has 1 unspecified atom stereocenters. The largest absolute Gasteiger partial charge is 0.497 e. The van der Waals surface area contributed by atoms with E-state index in [4.69, 9.17) is 9.72 Å². The van der Waals surface area contributed by atoms with Gasteiger partial charge in [0.1, 0.15) is 16.2 Å². The number of anilines is 1. The fraction of sp³-hybridized carbons (Fsp3) is 0.474. The standard InChI is InChI=1S/C19H24BrN3O/c1-4-15-18(20)21-16(5-2)19(22-15)23-17-8-6-7-12-11-13(24-3)9-10-14(12)17/h9-11,17H,4-8H2,1-3H3,(H,22,23). The summed E-state index contributed by atoms with van der Waals surface area (Å²) in [5, 5.41) is 3.66. The number of hydrogen-bond acceptors (Lipinski definition) is 4. The summed E-state index contributed by atoms with van der Waals surface area (Å²) in [6, 6.07) is 6.67. The minimum Gasteiger partial charge on any atom is -0.497 e. The van der Waals surface area contributed by atoms with Gasteiger partial charge in [0.2, 0.25) is 0 Å². The Morgan fingerprint density at radius 1 is 1.21 bits per heavy atom. The molecule has 128 valence electrons. The molecule has 24 heavy (non-hydrogen) atoms. The van der Waals surface area contributed by atoms with Crippen LogP contribution in [0.25, 0.3) is 0 Å². The fourth-order valence-electron chi connectivity index (χ4n) is 3.30. The number of ether oxygens (including phenoxy) is 1. The summed E-state index contributed by atoms with van der Waals surface area (Å²) in [5.74, 6) is 1.85. The van der Waals surface area contributed by atoms with Crippen LogP contribution in [0.3, 0.4) is 0 Å². The molecule has 0 spiro atoms. The van der Waals surface area contributed by atoms with E-state index in [0.717, 1.165) is 53.2 Å². The first kappa shape index (κ1) is 17.2. The number of nitrogens with one attached hydrogen (secondary N) is 1. The Morgan fingerprint density at radius 3 is 2.71 bits per heavy atom. The fourth-order valence-corrected chi connectivity index (χ4v) is 3.88. The molecule has 5 heteroatoms. The Labute approximate surface area is 152 Å². The van der Waals surface area contributed by atoms with Gasteiger partial charge in [0.25, 0.3) is 0 Å². The van der Waals surface area contributed by atoms with Gasteiger partial charge in [-0.25, -0.2) is 9.97 Å². The molecule has 1 aromatic carbocycles. The zero-order chi connectivity index (χ0) is 17.1. The molecular formula is C19H24BrN3O. The summed E-state index contributed by atoms with van der Waals surface area (Å²) in [6.07, 6.45) is 5.12. The van der Waals surface area contributed by atoms with Crippen molar-refractivity contribution in [2.75, 3.05) is 12.4 Å². The molecule has 0 saturated carbocycles. The molecule has 4 nitrogen and oxygen atoms in total. The highest BCUT2D eigenvalue weighted by molar-refractivity contribution is 9.10. The number of aromatic nitrogens is 2. The third-order valence-electron chi connectivity index (χ3n) is 4.64. The maximum Gasteiger partial charge on any atom is 0.148 e. The highest BCUT2D eigenvalue weighted by atomic mass is 79.9. The molecule has 0 amide bonds. The quantitative estimate of drug-likeness (QED) is 0.792. The normalized spacial score (nSPS) is 16.6. The number of methoxy groups -OCH3 is 1. The predicted octanol–water partition coefficient (Wildman–Crippen LogP) is 4.86. The second-order valence-electron chi connectivity index (χ2n) is 6.12. The first-order valence-electron chi connectivity index (χ1n) is 8.64. The van der Waals surface area contributed by atoms with Gasteiger partial charge in [-0.1, -0.05) is 19.9 Å². The minimum atomic E-state index is 0.283. The number of halogens is 1. The average Bonchev–Trinajstić information content (AvgIpc) is 2.62. The smallest absolute Gasteiger partial charge is 0.148 e. The van der Waals surface area contributed by atoms with Crippen LogP contribution in [0, 0.1) is 0 Å². The van der Waals surface area contributed by atoms with E-state index in [2.05, 4.69) is 52.2 Å². The summed E-state index contributed by atoms with van der Waals surface area (Å²) < 4.78 is 6.23. The van der Waals surface area contributed by atoms with Crippen LogP contribution in [-0.2, 0) is 19.3 Å². The molecule has 0 fully saturated rings. The number of nitrogens with zero attached hydrogens (tertiary/aromatic N) is 2. The number of fused-ring (bicyclic) bond motifs is 1. The molecule has 0 aliphatic heterocycles. The highest BCUT2D eigenvalue weighted by Gasteiger charge is 2.22. The van der Waals surface area contributed by atoms with E-state index in [-0.39, 0.29) is 6.04 Å². The molecule has 1 aliphatic carbocycles. The van der Waals surface area contributed by atoms with Crippen LogP contribution in [-0.4, -0.2) is 17.1 Å². The summed E-state index contributed by atoms with van der Waals surface area (Å²) in [7, 11) is 1.72. The number of aryl methyl sites for hydroxylation is 3. The lowest BCUT2D eigenvalue weighted by molar-refractivity contribution is 0.413. The molecule has 1 N–H and O–H groups in total. The van der Waals surface area contributed by atoms with Crippen molar-refractivity contribution >= 4 is 21.7 Å². The number of rotatable bonds is 5. The van der Waals surface area contributed by atoms with Crippen molar-refractivity contribution in [1.82, 2.24) is 9.97 Å². The first-order chi connectivity index (χ1) is 11.7. The summed E-state index contributed by atoms with van der Waals surface area (Å²) in [6.45, 7) is 4.22. The van der Waals surface area contributed by atoms with Crippen molar-refractivity contribution in [3.63, 3.8) is 0 Å². The summed E-state index contributed by atoms with van der Waals surface area (Å²) in [4.78, 5) is 9.50. The van der Waals surface area contributed by atoms with Gasteiger partial charge in [0.05, 0.1) is 24.5 Å². The zero-order valence-corrected chi connectivity index (χ0v) is 16.1. The van der Waals surface area contributed by atoms with Crippen LogP contribution in [0.2, 0.25) is 0 Å². The third kappa shape index (κ3) is 3.41. The van der Waals surface area contributed by atoms with Gasteiger partial charge in [-0.3, -0.25) is 0 Å². The van der Waals surface area contributed by atoms with Crippen molar-refractivity contribution in [1.29, 1.82) is 0 Å². The van der Waals surface area contributed by atoms with Crippen molar-refractivity contribution in [3.05, 3.63) is 45.3 Å². The SMILES string of the molecule is CCc1nc(NC2CCCc3cc(OC)ccc32)c(CC)nc1Br. The molecule has 0 radical (unpaired) electrons. The number of hydrogen-bond donors (Lipinski definition) is 1. The van der Waals surface area contributed by atoms with E-state index in [1.807, 2.05) is 6.07 Å². The predicted molar refractivity (Wildman–Crippen MR) is 101 cm³/mol. The van der Waals surface area contributed by atoms with E-state index < -0.39 is 0 Å². The Morgan fingerprint density at radius 2 is 2.00 bits per heavy atom. The molecular weight excluding hydrogens is 366 g/mol. The van der Waals surface area contributed by atoms with Gasteiger partial charge in [-0.05, 0) is 71.3 Å². The Kier molecular flexibility index (Phi) is 5.39. The Hall–Kier alpha value is -1.62. The van der Waals surface area contributed by atoms with Gasteiger partial charge in [0, 0.05) is 0 Å².